The van der Waals surface area contributed by atoms with Gasteiger partial charge in [0.05, 0.1) is 5.69 Å². The van der Waals surface area contributed by atoms with Crippen molar-refractivity contribution in [2.75, 3.05) is 0 Å². The van der Waals surface area contributed by atoms with E-state index in [0.29, 0.717) is 30.2 Å². The number of thiazole rings is 1. The van der Waals surface area contributed by atoms with E-state index in [1.807, 2.05) is 13.8 Å². The summed E-state index contributed by atoms with van der Waals surface area (Å²) < 4.78 is 27.8. The molecular formula is C15H15F2NO3S. The van der Waals surface area contributed by atoms with Crippen LogP contribution in [-0.2, 0) is 6.54 Å². The first-order chi connectivity index (χ1) is 10.3. The summed E-state index contributed by atoms with van der Waals surface area (Å²) in [6, 6.07) is 3.11. The lowest BCUT2D eigenvalue weighted by molar-refractivity contribution is 0.0702. The Hall–Kier alpha value is -2.02. The number of nitrogens with zero attached hydrogens (tertiary/aromatic N) is 1. The van der Waals surface area contributed by atoms with Gasteiger partial charge in [-0.1, -0.05) is 25.2 Å². The fourth-order valence-corrected chi connectivity index (χ4v) is 2.95. The van der Waals surface area contributed by atoms with Crippen molar-refractivity contribution in [2.24, 2.45) is 5.92 Å². The van der Waals surface area contributed by atoms with E-state index in [9.17, 15) is 23.5 Å². The lowest BCUT2D eigenvalue weighted by Gasteiger charge is -2.11. The molecule has 2 aromatic rings. The maximum atomic E-state index is 13.4. The fraction of sp³-hybridized carbons (Fsp3) is 0.333. The number of carbonyl (C=O) groups is 1. The summed E-state index contributed by atoms with van der Waals surface area (Å²) in [7, 11) is 0. The van der Waals surface area contributed by atoms with Gasteiger partial charge in [-0.2, -0.15) is 0 Å². The number of rotatable bonds is 5. The third-order valence-corrected chi connectivity index (χ3v) is 4.18. The van der Waals surface area contributed by atoms with Gasteiger partial charge in [-0.15, -0.1) is 0 Å². The highest BCUT2D eigenvalue weighted by Crippen LogP contribution is 2.28. The third-order valence-electron chi connectivity index (χ3n) is 3.21. The second-order valence-corrected chi connectivity index (χ2v) is 6.28. The number of carboxylic acid groups (broad SMARTS) is 1. The smallest absolute Gasteiger partial charge is 0.348 e. The summed E-state index contributed by atoms with van der Waals surface area (Å²) in [6.07, 6.45) is 0.673. The first-order valence-electron chi connectivity index (χ1n) is 6.73. The number of hydrogen-bond donors (Lipinski definition) is 1. The predicted octanol–water partition coefficient (Wildman–Crippen LogP) is 3.60. The Balaban J connectivity index is 2.62. The molecular weight excluding hydrogens is 312 g/mol. The molecule has 4 nitrogen and oxygen atoms in total. The average molecular weight is 327 g/mol. The summed E-state index contributed by atoms with van der Waals surface area (Å²) in [4.78, 5) is 22.8. The van der Waals surface area contributed by atoms with E-state index in [2.05, 4.69) is 0 Å². The Morgan fingerprint density at radius 1 is 1.32 bits per heavy atom. The summed E-state index contributed by atoms with van der Waals surface area (Å²) in [5, 5.41) is 9.26. The minimum atomic E-state index is -1.26. The second-order valence-electron chi connectivity index (χ2n) is 5.31. The van der Waals surface area contributed by atoms with Gasteiger partial charge in [0.25, 0.3) is 0 Å². The molecule has 0 radical (unpaired) electrons. The van der Waals surface area contributed by atoms with Crippen LogP contribution in [0.4, 0.5) is 8.78 Å². The van der Waals surface area contributed by atoms with Crippen molar-refractivity contribution >= 4 is 17.3 Å². The molecule has 0 aliphatic heterocycles. The zero-order valence-electron chi connectivity index (χ0n) is 12.1. The molecule has 0 aliphatic carbocycles. The minimum absolute atomic E-state index is 0.127. The zero-order valence-corrected chi connectivity index (χ0v) is 12.9. The summed E-state index contributed by atoms with van der Waals surface area (Å²) in [5.74, 6) is -3.04. The lowest BCUT2D eigenvalue weighted by Crippen LogP contribution is -2.16. The van der Waals surface area contributed by atoms with Gasteiger partial charge in [-0.3, -0.25) is 9.36 Å². The molecule has 1 N–H and O–H groups in total. The van der Waals surface area contributed by atoms with Gasteiger partial charge in [-0.05, 0) is 30.5 Å². The predicted molar refractivity (Wildman–Crippen MR) is 80.3 cm³/mol. The van der Waals surface area contributed by atoms with Crippen molar-refractivity contribution in [3.8, 4) is 11.3 Å². The van der Waals surface area contributed by atoms with E-state index < -0.39 is 22.5 Å². The van der Waals surface area contributed by atoms with E-state index in [0.717, 1.165) is 12.1 Å². The number of aromatic nitrogens is 1. The van der Waals surface area contributed by atoms with Crippen LogP contribution in [0.1, 0.15) is 29.9 Å². The number of benzene rings is 1. The molecule has 118 valence electrons. The van der Waals surface area contributed by atoms with Gasteiger partial charge in [-0.25, -0.2) is 13.6 Å². The van der Waals surface area contributed by atoms with Crippen molar-refractivity contribution in [3.05, 3.63) is 44.4 Å². The van der Waals surface area contributed by atoms with Gasteiger partial charge in [0.1, 0.15) is 4.88 Å². The summed E-state index contributed by atoms with van der Waals surface area (Å²) >= 11 is 0.597. The molecule has 2 rings (SSSR count). The normalized spacial score (nSPS) is 11.1. The largest absolute Gasteiger partial charge is 0.477 e. The average Bonchev–Trinajstić information content (AvgIpc) is 2.77. The Bertz CT molecular complexity index is 765. The van der Waals surface area contributed by atoms with Crippen molar-refractivity contribution in [2.45, 2.75) is 26.8 Å². The molecule has 0 saturated heterocycles. The maximum Gasteiger partial charge on any atom is 0.348 e. The molecule has 0 bridgehead atoms. The van der Waals surface area contributed by atoms with Crippen LogP contribution in [0.25, 0.3) is 11.3 Å². The molecule has 0 fully saturated rings. The molecule has 0 spiro atoms. The van der Waals surface area contributed by atoms with Gasteiger partial charge in [0, 0.05) is 12.1 Å². The molecule has 1 aromatic carbocycles. The van der Waals surface area contributed by atoms with Crippen LogP contribution in [0.3, 0.4) is 0 Å². The van der Waals surface area contributed by atoms with Gasteiger partial charge in [0.2, 0.25) is 0 Å². The highest BCUT2D eigenvalue weighted by atomic mass is 32.1. The molecule has 0 unspecified atom stereocenters. The fourth-order valence-electron chi connectivity index (χ4n) is 2.07. The minimum Gasteiger partial charge on any atom is -0.477 e. The van der Waals surface area contributed by atoms with E-state index >= 15 is 0 Å². The molecule has 0 amide bonds. The zero-order chi connectivity index (χ0) is 16.4. The molecule has 0 aliphatic rings. The highest BCUT2D eigenvalue weighted by molar-refractivity contribution is 7.11. The Morgan fingerprint density at radius 3 is 2.55 bits per heavy atom. The van der Waals surface area contributed by atoms with Crippen LogP contribution >= 0.6 is 11.3 Å². The van der Waals surface area contributed by atoms with Gasteiger partial charge in [0.15, 0.2) is 11.6 Å². The number of halogens is 2. The Kier molecular flexibility index (Phi) is 4.75. The lowest BCUT2D eigenvalue weighted by atomic mass is 10.1. The second kappa shape index (κ2) is 6.39. The van der Waals surface area contributed by atoms with E-state index in [-0.39, 0.29) is 16.1 Å². The van der Waals surface area contributed by atoms with Crippen molar-refractivity contribution in [1.82, 2.24) is 4.57 Å². The quantitative estimate of drug-likeness (QED) is 0.913. The Morgan fingerprint density at radius 2 is 2.00 bits per heavy atom. The first kappa shape index (κ1) is 16.4. The van der Waals surface area contributed by atoms with Gasteiger partial charge >= 0.3 is 10.8 Å². The Labute approximate surface area is 129 Å². The summed E-state index contributed by atoms with van der Waals surface area (Å²) in [5.41, 5.74) is 0.306. The van der Waals surface area contributed by atoms with Gasteiger partial charge < -0.3 is 5.11 Å². The maximum absolute atomic E-state index is 13.4. The number of aromatic carboxylic acids is 1. The van der Waals surface area contributed by atoms with Crippen LogP contribution in [0.2, 0.25) is 0 Å². The standard InChI is InChI=1S/C15H15F2NO3S/c1-8(2)5-6-18-12(13(14(19)20)22-15(18)21)9-3-4-10(16)11(17)7-9/h3-4,7-8H,5-6H2,1-2H3,(H,19,20). The molecule has 0 atom stereocenters. The van der Waals surface area contributed by atoms with Crippen LogP contribution in [0, 0.1) is 17.6 Å². The topological polar surface area (TPSA) is 59.3 Å². The van der Waals surface area contributed by atoms with Crippen molar-refractivity contribution < 1.29 is 18.7 Å². The molecule has 1 heterocycles. The number of carboxylic acids is 1. The third kappa shape index (κ3) is 3.24. The van der Waals surface area contributed by atoms with Crippen molar-refractivity contribution in [1.29, 1.82) is 0 Å². The molecule has 7 heteroatoms. The van der Waals surface area contributed by atoms with E-state index in [1.165, 1.54) is 10.6 Å². The van der Waals surface area contributed by atoms with Crippen molar-refractivity contribution in [3.63, 3.8) is 0 Å². The van der Waals surface area contributed by atoms with E-state index in [1.54, 1.807) is 0 Å². The monoisotopic (exact) mass is 327 g/mol. The van der Waals surface area contributed by atoms with Crippen LogP contribution < -0.4 is 4.87 Å². The SMILES string of the molecule is CC(C)CCn1c(-c2ccc(F)c(F)c2)c(C(=O)O)sc1=O. The number of hydrogen-bond acceptors (Lipinski definition) is 3. The molecule has 22 heavy (non-hydrogen) atoms. The summed E-state index contributed by atoms with van der Waals surface area (Å²) in [6.45, 7) is 4.29. The highest BCUT2D eigenvalue weighted by Gasteiger charge is 2.22. The van der Waals surface area contributed by atoms with Crippen LogP contribution in [0.5, 0.6) is 0 Å². The van der Waals surface area contributed by atoms with Crippen LogP contribution in [-0.4, -0.2) is 15.6 Å². The molecule has 1 aromatic heterocycles. The first-order valence-corrected chi connectivity index (χ1v) is 7.55. The molecule has 0 saturated carbocycles. The van der Waals surface area contributed by atoms with Crippen LogP contribution in [0.15, 0.2) is 23.0 Å². The van der Waals surface area contributed by atoms with E-state index in [4.69, 9.17) is 0 Å².